The summed E-state index contributed by atoms with van der Waals surface area (Å²) >= 11 is 14.1. The number of aromatic amines is 1. The molecule has 0 radical (unpaired) electrons. The summed E-state index contributed by atoms with van der Waals surface area (Å²) < 4.78 is 1.58. The average molecular weight is 418 g/mol. The van der Waals surface area contributed by atoms with Crippen LogP contribution in [0.15, 0.2) is 40.5 Å². The van der Waals surface area contributed by atoms with Gasteiger partial charge in [-0.2, -0.15) is 9.78 Å². The molecule has 0 bridgehead atoms. The van der Waals surface area contributed by atoms with Crippen LogP contribution in [0.1, 0.15) is 17.2 Å². The number of rotatable bonds is 2. The van der Waals surface area contributed by atoms with Gasteiger partial charge in [-0.15, -0.1) is 11.3 Å². The topological polar surface area (TPSA) is 101 Å². The summed E-state index contributed by atoms with van der Waals surface area (Å²) in [6, 6.07) is 8.50. The smallest absolute Gasteiger partial charge is 0.288 e. The highest BCUT2D eigenvalue weighted by atomic mass is 35.5. The van der Waals surface area contributed by atoms with Crippen molar-refractivity contribution in [2.24, 2.45) is 0 Å². The lowest BCUT2D eigenvalue weighted by Gasteiger charge is -2.28. The third-order valence-corrected chi connectivity index (χ3v) is 5.72. The number of H-pyrrole nitrogens is 1. The molecule has 4 heterocycles. The lowest BCUT2D eigenvalue weighted by atomic mass is 9.94. The molecule has 1 aromatic carbocycles. The highest BCUT2D eigenvalue weighted by molar-refractivity contribution is 7.13. The number of hydrogen-bond acceptors (Lipinski definition) is 7. The van der Waals surface area contributed by atoms with Crippen molar-refractivity contribution in [3.05, 3.63) is 67.2 Å². The van der Waals surface area contributed by atoms with Crippen molar-refractivity contribution < 1.29 is 0 Å². The summed E-state index contributed by atoms with van der Waals surface area (Å²) in [5.41, 5.74) is 1.96. The fourth-order valence-electron chi connectivity index (χ4n) is 3.15. The number of fused-ring (bicyclic) bond motifs is 2. The van der Waals surface area contributed by atoms with Gasteiger partial charge in [-0.3, -0.25) is 4.79 Å². The van der Waals surface area contributed by atoms with Gasteiger partial charge >= 0.3 is 0 Å². The van der Waals surface area contributed by atoms with Crippen LogP contribution in [0.5, 0.6) is 0 Å². The monoisotopic (exact) mass is 417 g/mol. The van der Waals surface area contributed by atoms with Crippen LogP contribution in [0.3, 0.4) is 0 Å². The minimum Gasteiger partial charge on any atom is -0.318 e. The standard InChI is InChI=1S/C16H9Cl2N7OS/c17-7-3-4-8(9(18)6-7)14-11-12(10-2-1-5-27-10)20-21-15(26)13(11)19-16-22-23-24-25(14)16/h1-6,14H,(H,21,26)(H,19,22,24). The molecule has 0 saturated heterocycles. The molecule has 1 atom stereocenters. The average Bonchev–Trinajstić information content (AvgIpc) is 3.33. The van der Waals surface area contributed by atoms with Gasteiger partial charge in [0, 0.05) is 21.2 Å². The molecule has 3 aromatic heterocycles. The SMILES string of the molecule is O=c1[nH]nc(-c2cccs2)c2c1Nc1nnnn1C2c1ccc(Cl)cc1Cl. The number of aromatic nitrogens is 6. The van der Waals surface area contributed by atoms with Crippen LogP contribution >= 0.6 is 34.5 Å². The molecule has 5 rings (SSSR count). The second kappa shape index (κ2) is 6.15. The second-order valence-corrected chi connectivity index (χ2v) is 7.60. The number of nitrogens with zero attached hydrogens (tertiary/aromatic N) is 5. The highest BCUT2D eigenvalue weighted by Gasteiger charge is 2.35. The molecule has 27 heavy (non-hydrogen) atoms. The summed E-state index contributed by atoms with van der Waals surface area (Å²) in [4.78, 5) is 13.4. The van der Waals surface area contributed by atoms with E-state index in [2.05, 4.69) is 31.0 Å². The number of tetrazole rings is 1. The number of nitrogens with one attached hydrogen (secondary N) is 2. The van der Waals surface area contributed by atoms with Crippen molar-refractivity contribution >= 4 is 46.2 Å². The Morgan fingerprint density at radius 1 is 1.22 bits per heavy atom. The Kier molecular flexibility index (Phi) is 3.74. The van der Waals surface area contributed by atoms with Gasteiger partial charge in [0.15, 0.2) is 0 Å². The number of thiophene rings is 1. The molecule has 11 heteroatoms. The van der Waals surface area contributed by atoms with Gasteiger partial charge in [-0.05, 0) is 34.0 Å². The molecule has 0 saturated carbocycles. The molecule has 1 aliphatic heterocycles. The molecule has 134 valence electrons. The fourth-order valence-corrected chi connectivity index (χ4v) is 4.39. The van der Waals surface area contributed by atoms with Crippen molar-refractivity contribution in [1.82, 2.24) is 30.4 Å². The van der Waals surface area contributed by atoms with Gasteiger partial charge in [0.2, 0.25) is 5.95 Å². The molecule has 0 amide bonds. The van der Waals surface area contributed by atoms with Crippen LogP contribution in [-0.2, 0) is 0 Å². The molecule has 1 unspecified atom stereocenters. The minimum absolute atomic E-state index is 0.340. The van der Waals surface area contributed by atoms with Crippen molar-refractivity contribution in [2.75, 3.05) is 5.32 Å². The Morgan fingerprint density at radius 3 is 2.89 bits per heavy atom. The molecular formula is C16H9Cl2N7OS. The summed E-state index contributed by atoms with van der Waals surface area (Å²) in [5.74, 6) is 0.340. The van der Waals surface area contributed by atoms with E-state index >= 15 is 0 Å². The maximum absolute atomic E-state index is 12.5. The number of halogens is 2. The number of hydrogen-bond donors (Lipinski definition) is 2. The van der Waals surface area contributed by atoms with E-state index in [-0.39, 0.29) is 5.56 Å². The summed E-state index contributed by atoms with van der Waals surface area (Å²) in [6.45, 7) is 0. The van der Waals surface area contributed by atoms with Gasteiger partial charge in [-0.25, -0.2) is 5.10 Å². The summed E-state index contributed by atoms with van der Waals surface area (Å²) in [7, 11) is 0. The van der Waals surface area contributed by atoms with Crippen LogP contribution in [0.4, 0.5) is 11.6 Å². The third-order valence-electron chi connectivity index (χ3n) is 4.28. The van der Waals surface area contributed by atoms with Crippen LogP contribution < -0.4 is 10.9 Å². The zero-order chi connectivity index (χ0) is 18.5. The maximum atomic E-state index is 12.5. The van der Waals surface area contributed by atoms with Gasteiger partial charge in [0.1, 0.15) is 17.4 Å². The van der Waals surface area contributed by atoms with Crippen molar-refractivity contribution in [3.63, 3.8) is 0 Å². The molecule has 4 aromatic rings. The second-order valence-electron chi connectivity index (χ2n) is 5.81. The Morgan fingerprint density at radius 2 is 2.11 bits per heavy atom. The first-order valence-corrected chi connectivity index (χ1v) is 9.43. The predicted molar refractivity (Wildman–Crippen MR) is 103 cm³/mol. The van der Waals surface area contributed by atoms with Crippen LogP contribution in [0.2, 0.25) is 10.0 Å². The first-order chi connectivity index (χ1) is 13.1. The van der Waals surface area contributed by atoms with Crippen molar-refractivity contribution in [3.8, 4) is 10.6 Å². The van der Waals surface area contributed by atoms with E-state index in [1.165, 1.54) is 11.3 Å². The first kappa shape index (κ1) is 16.4. The summed E-state index contributed by atoms with van der Waals surface area (Å²) in [6.07, 6.45) is 0. The Bertz CT molecular complexity index is 1220. The van der Waals surface area contributed by atoms with Crippen LogP contribution in [0.25, 0.3) is 10.6 Å². The van der Waals surface area contributed by atoms with E-state index in [0.717, 1.165) is 4.88 Å². The molecule has 0 fully saturated rings. The normalized spacial score (nSPS) is 15.1. The Balaban J connectivity index is 1.86. The van der Waals surface area contributed by atoms with E-state index in [1.807, 2.05) is 17.5 Å². The minimum atomic E-state index is -0.539. The Hall–Kier alpha value is -2.75. The van der Waals surface area contributed by atoms with E-state index in [1.54, 1.807) is 22.9 Å². The third kappa shape index (κ3) is 2.54. The van der Waals surface area contributed by atoms with Crippen molar-refractivity contribution in [1.29, 1.82) is 0 Å². The number of benzene rings is 1. The lowest BCUT2D eigenvalue weighted by molar-refractivity contribution is 0.568. The molecule has 0 spiro atoms. The molecular weight excluding hydrogens is 409 g/mol. The van der Waals surface area contributed by atoms with Gasteiger partial charge in [-0.1, -0.05) is 40.4 Å². The fraction of sp³-hybridized carbons (Fsp3) is 0.0625. The van der Waals surface area contributed by atoms with E-state index in [4.69, 9.17) is 23.2 Å². The quantitative estimate of drug-likeness (QED) is 0.455. The lowest BCUT2D eigenvalue weighted by Crippen LogP contribution is -2.29. The van der Waals surface area contributed by atoms with Crippen LogP contribution in [-0.4, -0.2) is 30.4 Å². The van der Waals surface area contributed by atoms with E-state index in [9.17, 15) is 4.79 Å². The van der Waals surface area contributed by atoms with E-state index in [0.29, 0.717) is 38.5 Å². The summed E-state index contributed by atoms with van der Waals surface area (Å²) in [5, 5.41) is 24.5. The van der Waals surface area contributed by atoms with Crippen LogP contribution in [0, 0.1) is 0 Å². The van der Waals surface area contributed by atoms with Gasteiger partial charge < -0.3 is 5.32 Å². The maximum Gasteiger partial charge on any atom is 0.288 e. The molecule has 8 nitrogen and oxygen atoms in total. The zero-order valence-electron chi connectivity index (χ0n) is 13.3. The van der Waals surface area contributed by atoms with Gasteiger partial charge in [0.05, 0.1) is 4.88 Å². The molecule has 0 aliphatic carbocycles. The largest absolute Gasteiger partial charge is 0.318 e. The highest BCUT2D eigenvalue weighted by Crippen LogP contribution is 2.43. The predicted octanol–water partition coefficient (Wildman–Crippen LogP) is 3.49. The Labute approximate surface area is 165 Å². The molecule has 2 N–H and O–H groups in total. The first-order valence-electron chi connectivity index (χ1n) is 7.80. The number of anilines is 2. The molecule has 1 aliphatic rings. The zero-order valence-corrected chi connectivity index (χ0v) is 15.7. The van der Waals surface area contributed by atoms with Crippen molar-refractivity contribution in [2.45, 2.75) is 6.04 Å². The van der Waals surface area contributed by atoms with E-state index < -0.39 is 6.04 Å². The van der Waals surface area contributed by atoms with Gasteiger partial charge in [0.25, 0.3) is 5.56 Å².